The van der Waals surface area contributed by atoms with E-state index >= 15 is 0 Å². The van der Waals surface area contributed by atoms with Gasteiger partial charge in [0.05, 0.1) is 25.4 Å². The lowest BCUT2D eigenvalue weighted by Crippen LogP contribution is -2.45. The van der Waals surface area contributed by atoms with Gasteiger partial charge in [-0.2, -0.15) is 0 Å². The lowest BCUT2D eigenvalue weighted by atomic mass is 10.0. The first-order valence-electron chi connectivity index (χ1n) is 29.5. The number of aliphatic hydroxyl groups is 2. The van der Waals surface area contributed by atoms with Gasteiger partial charge in [0.25, 0.3) is 0 Å². The van der Waals surface area contributed by atoms with Crippen LogP contribution in [-0.2, 0) is 14.3 Å². The molecule has 0 aromatic rings. The molecule has 0 aliphatic heterocycles. The quantitative estimate of drug-likeness (QED) is 0.0321. The molecule has 0 fully saturated rings. The molecule has 65 heavy (non-hydrogen) atoms. The van der Waals surface area contributed by atoms with E-state index in [-0.39, 0.29) is 18.5 Å². The number of amides is 1. The van der Waals surface area contributed by atoms with Crippen molar-refractivity contribution in [2.75, 3.05) is 13.2 Å². The Balaban J connectivity index is 3.48. The van der Waals surface area contributed by atoms with Crippen molar-refractivity contribution in [2.24, 2.45) is 0 Å². The van der Waals surface area contributed by atoms with Gasteiger partial charge in [0.2, 0.25) is 5.91 Å². The molecule has 0 saturated carbocycles. The minimum absolute atomic E-state index is 0.0137. The van der Waals surface area contributed by atoms with Crippen molar-refractivity contribution in [2.45, 2.75) is 341 Å². The van der Waals surface area contributed by atoms with Crippen LogP contribution in [0.4, 0.5) is 0 Å². The minimum atomic E-state index is -0.857. The molecule has 2 unspecified atom stereocenters. The summed E-state index contributed by atoms with van der Waals surface area (Å²) in [5.41, 5.74) is 0. The van der Waals surface area contributed by atoms with Gasteiger partial charge in [0.15, 0.2) is 0 Å². The summed E-state index contributed by atoms with van der Waals surface area (Å²) < 4.78 is 5.45. The molecule has 0 aliphatic rings. The molecule has 0 aliphatic carbocycles. The molecule has 386 valence electrons. The van der Waals surface area contributed by atoms with Gasteiger partial charge >= 0.3 is 5.97 Å². The van der Waals surface area contributed by atoms with E-state index in [1.165, 1.54) is 244 Å². The van der Waals surface area contributed by atoms with Crippen LogP contribution in [0.3, 0.4) is 0 Å². The first kappa shape index (κ1) is 63.6. The third-order valence-corrected chi connectivity index (χ3v) is 13.8. The van der Waals surface area contributed by atoms with Gasteiger partial charge in [-0.25, -0.2) is 0 Å². The highest BCUT2D eigenvalue weighted by atomic mass is 16.5. The van der Waals surface area contributed by atoms with Crippen LogP contribution in [-0.4, -0.2) is 47.4 Å². The Morgan fingerprint density at radius 3 is 1.05 bits per heavy atom. The van der Waals surface area contributed by atoms with Crippen molar-refractivity contribution in [1.29, 1.82) is 0 Å². The van der Waals surface area contributed by atoms with Crippen LogP contribution < -0.4 is 5.32 Å². The van der Waals surface area contributed by atoms with Crippen LogP contribution in [0.15, 0.2) is 12.2 Å². The SMILES string of the molecule is CCCCCCCCCCCCCCCCCCCCCCCCC/C=C/C(O)C(CO)NC(=O)CCCCCCCCCCCCCOC(=O)CCCCCCCCCCCCCC. The van der Waals surface area contributed by atoms with Gasteiger partial charge in [0, 0.05) is 12.8 Å². The first-order valence-corrected chi connectivity index (χ1v) is 29.5. The number of nitrogens with one attached hydrogen (secondary N) is 1. The van der Waals surface area contributed by atoms with Gasteiger partial charge in [-0.3, -0.25) is 9.59 Å². The van der Waals surface area contributed by atoms with E-state index in [0.29, 0.717) is 19.4 Å². The van der Waals surface area contributed by atoms with Crippen molar-refractivity contribution in [1.82, 2.24) is 5.32 Å². The highest BCUT2D eigenvalue weighted by Crippen LogP contribution is 2.18. The lowest BCUT2D eigenvalue weighted by molar-refractivity contribution is -0.143. The second-order valence-corrected chi connectivity index (χ2v) is 20.3. The number of allylic oxidation sites excluding steroid dienone is 1. The molecule has 0 bridgehead atoms. The van der Waals surface area contributed by atoms with Crippen LogP contribution in [0, 0.1) is 0 Å². The van der Waals surface area contributed by atoms with E-state index in [2.05, 4.69) is 19.2 Å². The van der Waals surface area contributed by atoms with Crippen molar-refractivity contribution < 1.29 is 24.5 Å². The number of esters is 1. The van der Waals surface area contributed by atoms with E-state index in [4.69, 9.17) is 4.74 Å². The summed E-state index contributed by atoms with van der Waals surface area (Å²) in [7, 11) is 0. The smallest absolute Gasteiger partial charge is 0.305 e. The number of carbonyl (C=O) groups excluding carboxylic acids is 2. The van der Waals surface area contributed by atoms with E-state index < -0.39 is 12.1 Å². The van der Waals surface area contributed by atoms with Crippen molar-refractivity contribution in [3.05, 3.63) is 12.2 Å². The predicted molar refractivity (Wildman–Crippen MR) is 283 cm³/mol. The summed E-state index contributed by atoms with van der Waals surface area (Å²) in [6.07, 6.45) is 65.2. The monoisotopic (exact) mass is 918 g/mol. The summed E-state index contributed by atoms with van der Waals surface area (Å²) >= 11 is 0. The average molecular weight is 919 g/mol. The molecule has 0 spiro atoms. The molecule has 0 rings (SSSR count). The maximum Gasteiger partial charge on any atom is 0.305 e. The third-order valence-electron chi connectivity index (χ3n) is 13.8. The van der Waals surface area contributed by atoms with Crippen LogP contribution in [0.25, 0.3) is 0 Å². The van der Waals surface area contributed by atoms with E-state index in [1.807, 2.05) is 6.08 Å². The summed E-state index contributed by atoms with van der Waals surface area (Å²) in [6.45, 7) is 4.88. The number of aliphatic hydroxyl groups excluding tert-OH is 2. The van der Waals surface area contributed by atoms with Crippen molar-refractivity contribution in [3.63, 3.8) is 0 Å². The Morgan fingerprint density at radius 1 is 0.415 bits per heavy atom. The number of carbonyl (C=O) groups is 2. The highest BCUT2D eigenvalue weighted by Gasteiger charge is 2.18. The van der Waals surface area contributed by atoms with E-state index in [1.54, 1.807) is 6.08 Å². The second-order valence-electron chi connectivity index (χ2n) is 20.3. The van der Waals surface area contributed by atoms with Gasteiger partial charge < -0.3 is 20.3 Å². The molecule has 1 amide bonds. The Labute approximate surface area is 406 Å². The standard InChI is InChI=1S/C59H115NO5/c1-3-5-7-9-11-13-15-17-18-19-20-21-22-23-24-25-26-27-28-29-31-35-39-43-47-51-57(62)56(55-61)60-58(63)52-48-44-40-36-32-30-34-38-42-46-50-54-65-59(64)53-49-45-41-37-33-16-14-12-10-8-6-4-2/h47,51,56-57,61-62H,3-46,48-50,52-55H2,1-2H3,(H,60,63)/b51-47+. The minimum Gasteiger partial charge on any atom is -0.466 e. The average Bonchev–Trinajstić information content (AvgIpc) is 3.31. The zero-order valence-corrected chi connectivity index (χ0v) is 44.0. The molecule has 0 aromatic carbocycles. The van der Waals surface area contributed by atoms with Crippen LogP contribution >= 0.6 is 0 Å². The van der Waals surface area contributed by atoms with Crippen molar-refractivity contribution >= 4 is 11.9 Å². The molecule has 6 nitrogen and oxygen atoms in total. The normalized spacial score (nSPS) is 12.6. The molecule has 0 saturated heterocycles. The first-order chi connectivity index (χ1) is 32.0. The Bertz CT molecular complexity index is 970. The lowest BCUT2D eigenvalue weighted by Gasteiger charge is -2.20. The van der Waals surface area contributed by atoms with Gasteiger partial charge in [0.1, 0.15) is 0 Å². The fourth-order valence-electron chi connectivity index (χ4n) is 9.28. The van der Waals surface area contributed by atoms with Crippen LogP contribution in [0.5, 0.6) is 0 Å². The number of hydrogen-bond acceptors (Lipinski definition) is 5. The topological polar surface area (TPSA) is 95.9 Å². The maximum absolute atomic E-state index is 12.5. The fraction of sp³-hybridized carbons (Fsp3) is 0.932. The zero-order valence-electron chi connectivity index (χ0n) is 44.0. The molecule has 0 heterocycles. The molecule has 6 heteroatoms. The van der Waals surface area contributed by atoms with Crippen molar-refractivity contribution in [3.8, 4) is 0 Å². The highest BCUT2D eigenvalue weighted by molar-refractivity contribution is 5.76. The Kier molecular flexibility index (Phi) is 54.0. The van der Waals surface area contributed by atoms with Gasteiger partial charge in [-0.1, -0.05) is 296 Å². The van der Waals surface area contributed by atoms with E-state index in [9.17, 15) is 19.8 Å². The predicted octanol–water partition coefficient (Wildman–Crippen LogP) is 18.1. The maximum atomic E-state index is 12.5. The molecular formula is C59H115NO5. The molecular weight excluding hydrogens is 803 g/mol. The van der Waals surface area contributed by atoms with Crippen LogP contribution in [0.2, 0.25) is 0 Å². The summed E-state index contributed by atoms with van der Waals surface area (Å²) in [5, 5.41) is 23.2. The second kappa shape index (κ2) is 55.2. The fourth-order valence-corrected chi connectivity index (χ4v) is 9.28. The summed E-state index contributed by atoms with van der Waals surface area (Å²) in [4.78, 5) is 24.5. The third kappa shape index (κ3) is 51.8. The summed E-state index contributed by atoms with van der Waals surface area (Å²) in [6, 6.07) is -0.642. The molecule has 0 aromatic heterocycles. The Hall–Kier alpha value is -1.40. The number of ether oxygens (including phenoxy) is 1. The van der Waals surface area contributed by atoms with Gasteiger partial charge in [-0.15, -0.1) is 0 Å². The largest absolute Gasteiger partial charge is 0.466 e. The Morgan fingerprint density at radius 2 is 0.708 bits per heavy atom. The number of rotatable bonds is 55. The molecule has 0 radical (unpaired) electrons. The zero-order chi connectivity index (χ0) is 47.2. The van der Waals surface area contributed by atoms with E-state index in [0.717, 1.165) is 57.8 Å². The summed E-state index contributed by atoms with van der Waals surface area (Å²) in [5.74, 6) is -0.0964. The van der Waals surface area contributed by atoms with Gasteiger partial charge in [-0.05, 0) is 32.1 Å². The molecule has 2 atom stereocenters. The van der Waals surface area contributed by atoms with Crippen LogP contribution in [0.1, 0.15) is 328 Å². The molecule has 3 N–H and O–H groups in total. The number of hydrogen-bond donors (Lipinski definition) is 3. The number of unbranched alkanes of at least 4 members (excludes halogenated alkanes) is 44.